The summed E-state index contributed by atoms with van der Waals surface area (Å²) in [6, 6.07) is 3.90. The van der Waals surface area contributed by atoms with Crippen LogP contribution in [0.5, 0.6) is 11.5 Å². The molecule has 1 aliphatic carbocycles. The molecule has 0 aromatic heterocycles. The van der Waals surface area contributed by atoms with Crippen molar-refractivity contribution in [2.75, 3.05) is 12.0 Å². The number of phenolic OH excluding ortho intramolecular Hbond substituents is 1. The van der Waals surface area contributed by atoms with Crippen LogP contribution in [0.3, 0.4) is 0 Å². The summed E-state index contributed by atoms with van der Waals surface area (Å²) in [6.07, 6.45) is 2.26. The van der Waals surface area contributed by atoms with Gasteiger partial charge in [0.15, 0.2) is 44.5 Å². The Bertz CT molecular complexity index is 1320. The van der Waals surface area contributed by atoms with Gasteiger partial charge in [-0.05, 0) is 29.7 Å². The van der Waals surface area contributed by atoms with Gasteiger partial charge in [0, 0.05) is 5.92 Å². The van der Waals surface area contributed by atoms with Crippen molar-refractivity contribution in [2.24, 2.45) is 0 Å². The number of benzene rings is 2. The zero-order chi connectivity index (χ0) is 26.0. The Hall–Kier alpha value is -3.11. The molecule has 5 nitrogen and oxygen atoms in total. The van der Waals surface area contributed by atoms with Crippen molar-refractivity contribution in [3.8, 4) is 11.5 Å². The number of fused-ring (bicyclic) bond motifs is 1. The van der Waals surface area contributed by atoms with Gasteiger partial charge in [-0.3, -0.25) is 9.59 Å². The van der Waals surface area contributed by atoms with Gasteiger partial charge < -0.3 is 9.84 Å². The smallest absolute Gasteiger partial charge is 0.258 e. The predicted molar refractivity (Wildman–Crippen MR) is 116 cm³/mol. The molecule has 2 aromatic carbocycles. The van der Waals surface area contributed by atoms with E-state index in [0.29, 0.717) is 0 Å². The van der Waals surface area contributed by atoms with Crippen molar-refractivity contribution in [1.29, 1.82) is 0 Å². The first-order chi connectivity index (χ1) is 16.4. The number of aromatic hydroxyl groups is 1. The molecule has 2 amide bonds. The summed E-state index contributed by atoms with van der Waals surface area (Å²) in [5.74, 6) is -16.6. The van der Waals surface area contributed by atoms with Crippen molar-refractivity contribution in [3.05, 3.63) is 77.2 Å². The van der Waals surface area contributed by atoms with E-state index in [9.17, 15) is 36.6 Å². The lowest BCUT2D eigenvalue weighted by Gasteiger charge is -2.42. The van der Waals surface area contributed by atoms with Gasteiger partial charge in [0.05, 0.1) is 7.11 Å². The third-order valence-corrected chi connectivity index (χ3v) is 7.58. The molecule has 3 atom stereocenters. The molecule has 184 valence electrons. The zero-order valence-corrected chi connectivity index (χ0v) is 19.2. The first kappa shape index (κ1) is 25.0. The second-order valence-corrected chi connectivity index (χ2v) is 9.10. The molecule has 1 heterocycles. The Morgan fingerprint density at radius 2 is 1.63 bits per heavy atom. The fraction of sp³-hybridized carbons (Fsp3) is 0.217. The van der Waals surface area contributed by atoms with E-state index in [1.165, 1.54) is 37.5 Å². The summed E-state index contributed by atoms with van der Waals surface area (Å²) >= 11 is 13.3. The third kappa shape index (κ3) is 3.12. The van der Waals surface area contributed by atoms with Crippen molar-refractivity contribution >= 4 is 40.7 Å². The SMILES string of the molecule is C=CC1=CCC2(Cl)C(=O)N(c3c(F)c(F)c(F)c(F)c3F)C(=O)C2(Cl)C1c1ccc(OC)c(O)c1. The number of alkyl halides is 2. The molecule has 1 aliphatic heterocycles. The number of allylic oxidation sites excluding steroid dienone is 3. The van der Waals surface area contributed by atoms with E-state index in [4.69, 9.17) is 27.9 Å². The van der Waals surface area contributed by atoms with E-state index in [-0.39, 0.29) is 27.5 Å². The number of rotatable bonds is 4. The number of imide groups is 1. The van der Waals surface area contributed by atoms with Gasteiger partial charge in [0.25, 0.3) is 11.8 Å². The molecule has 2 aromatic rings. The van der Waals surface area contributed by atoms with Gasteiger partial charge in [0.2, 0.25) is 5.82 Å². The number of ether oxygens (including phenoxy) is 1. The van der Waals surface area contributed by atoms with Crippen LogP contribution in [0.2, 0.25) is 0 Å². The van der Waals surface area contributed by atoms with Gasteiger partial charge in [-0.1, -0.05) is 24.8 Å². The number of carbonyl (C=O) groups is 2. The van der Waals surface area contributed by atoms with E-state index in [1.807, 2.05) is 0 Å². The molecular formula is C23H14Cl2F5NO4. The average molecular weight is 534 g/mol. The van der Waals surface area contributed by atoms with Crippen LogP contribution in [0, 0.1) is 29.1 Å². The van der Waals surface area contributed by atoms with Crippen LogP contribution >= 0.6 is 23.2 Å². The molecule has 1 saturated heterocycles. The van der Waals surface area contributed by atoms with Crippen LogP contribution in [-0.2, 0) is 9.59 Å². The molecule has 35 heavy (non-hydrogen) atoms. The number of phenols is 1. The highest BCUT2D eigenvalue weighted by Crippen LogP contribution is 2.60. The Morgan fingerprint density at radius 3 is 2.14 bits per heavy atom. The highest BCUT2D eigenvalue weighted by molar-refractivity contribution is 6.58. The second kappa shape index (κ2) is 8.23. The second-order valence-electron chi connectivity index (χ2n) is 7.85. The average Bonchev–Trinajstić information content (AvgIpc) is 2.99. The molecule has 3 unspecified atom stereocenters. The van der Waals surface area contributed by atoms with E-state index < -0.39 is 68.7 Å². The van der Waals surface area contributed by atoms with Gasteiger partial charge in [0.1, 0.15) is 5.69 Å². The number of carbonyl (C=O) groups excluding carboxylic acids is 2. The summed E-state index contributed by atoms with van der Waals surface area (Å²) < 4.78 is 75.6. The van der Waals surface area contributed by atoms with Gasteiger partial charge in [-0.2, -0.15) is 0 Å². The number of methoxy groups -OCH3 is 1. The maximum atomic E-state index is 14.6. The van der Waals surface area contributed by atoms with Crippen molar-refractivity contribution in [1.82, 2.24) is 0 Å². The Labute approximate surface area is 205 Å². The molecular weight excluding hydrogens is 520 g/mol. The Kier molecular flexibility index (Phi) is 5.88. The van der Waals surface area contributed by atoms with Crippen molar-refractivity contribution in [3.63, 3.8) is 0 Å². The molecule has 1 N–H and O–H groups in total. The van der Waals surface area contributed by atoms with Gasteiger partial charge in [-0.25, -0.2) is 26.9 Å². The Morgan fingerprint density at radius 1 is 1.06 bits per heavy atom. The largest absolute Gasteiger partial charge is 0.504 e. The van der Waals surface area contributed by atoms with E-state index in [2.05, 4.69) is 6.58 Å². The monoisotopic (exact) mass is 533 g/mol. The highest BCUT2D eigenvalue weighted by atomic mass is 35.5. The first-order valence-corrected chi connectivity index (χ1v) is 10.6. The summed E-state index contributed by atoms with van der Waals surface area (Å²) in [6.45, 7) is 3.64. The number of nitrogens with zero attached hydrogens (tertiary/aromatic N) is 1. The fourth-order valence-electron chi connectivity index (χ4n) is 4.45. The number of hydrogen-bond donors (Lipinski definition) is 1. The number of hydrogen-bond acceptors (Lipinski definition) is 4. The summed E-state index contributed by atoms with van der Waals surface area (Å²) in [5.41, 5.74) is -1.39. The summed E-state index contributed by atoms with van der Waals surface area (Å²) in [5, 5.41) is 10.3. The highest BCUT2D eigenvalue weighted by Gasteiger charge is 2.73. The number of anilines is 1. The van der Waals surface area contributed by atoms with Crippen LogP contribution < -0.4 is 9.64 Å². The molecule has 0 spiro atoms. The lowest BCUT2D eigenvalue weighted by atomic mass is 9.68. The minimum Gasteiger partial charge on any atom is -0.504 e. The molecule has 0 radical (unpaired) electrons. The van der Waals surface area contributed by atoms with E-state index in [1.54, 1.807) is 0 Å². The van der Waals surface area contributed by atoms with Crippen molar-refractivity contribution in [2.45, 2.75) is 22.1 Å². The zero-order valence-electron chi connectivity index (χ0n) is 17.6. The molecule has 4 rings (SSSR count). The minimum atomic E-state index is -2.51. The third-order valence-electron chi connectivity index (χ3n) is 6.17. The molecule has 12 heteroatoms. The minimum absolute atomic E-state index is 0.0614. The van der Waals surface area contributed by atoms with Gasteiger partial charge in [-0.15, -0.1) is 23.2 Å². The first-order valence-electron chi connectivity index (χ1n) is 9.84. The summed E-state index contributed by atoms with van der Waals surface area (Å²) in [7, 11) is 1.29. The standard InChI is InChI=1S/C23H14Cl2F5NO4/c1-3-9-6-7-22(24)20(33)31(19-17(29)15(27)14(26)16(28)18(19)30)21(34)23(22,25)13(9)10-4-5-12(35-2)11(32)8-10/h3-6,8,13,32H,1,7H2,2H3. The lowest BCUT2D eigenvalue weighted by Crippen LogP contribution is -2.54. The molecule has 0 bridgehead atoms. The fourth-order valence-corrected chi connectivity index (χ4v) is 5.30. The summed E-state index contributed by atoms with van der Waals surface area (Å²) in [4.78, 5) is 21.8. The molecule has 0 saturated carbocycles. The van der Waals surface area contributed by atoms with Crippen LogP contribution in [0.25, 0.3) is 0 Å². The van der Waals surface area contributed by atoms with E-state index in [0.717, 1.165) is 0 Å². The maximum absolute atomic E-state index is 14.6. The van der Waals surface area contributed by atoms with Gasteiger partial charge >= 0.3 is 0 Å². The van der Waals surface area contributed by atoms with Crippen LogP contribution in [0.1, 0.15) is 17.9 Å². The van der Waals surface area contributed by atoms with Crippen molar-refractivity contribution < 1.29 is 41.4 Å². The van der Waals surface area contributed by atoms with Crippen LogP contribution in [0.15, 0.2) is 42.5 Å². The Balaban J connectivity index is 1.98. The van der Waals surface area contributed by atoms with Crippen LogP contribution in [-0.4, -0.2) is 33.8 Å². The number of amides is 2. The topological polar surface area (TPSA) is 66.8 Å². The maximum Gasteiger partial charge on any atom is 0.258 e. The number of halogens is 7. The normalized spacial score (nSPS) is 26.0. The molecule has 2 aliphatic rings. The predicted octanol–water partition coefficient (Wildman–Crippen LogP) is 5.22. The quantitative estimate of drug-likeness (QED) is 0.192. The molecule has 1 fully saturated rings. The lowest BCUT2D eigenvalue weighted by molar-refractivity contribution is -0.122. The van der Waals surface area contributed by atoms with E-state index >= 15 is 0 Å². The van der Waals surface area contributed by atoms with Crippen LogP contribution in [0.4, 0.5) is 27.6 Å².